The lowest BCUT2D eigenvalue weighted by atomic mass is 9.74. The maximum absolute atomic E-state index is 15.6. The number of ether oxygens (including phenoxy) is 1. The molecule has 5 fully saturated rings. The molecular formula is C34H41F2N3O5S. The van der Waals surface area contributed by atoms with Crippen LogP contribution in [0.3, 0.4) is 0 Å². The van der Waals surface area contributed by atoms with E-state index in [1.54, 1.807) is 24.3 Å². The molecule has 1 saturated heterocycles. The van der Waals surface area contributed by atoms with Gasteiger partial charge in [0, 0.05) is 36.5 Å². The minimum atomic E-state index is -3.67. The van der Waals surface area contributed by atoms with Gasteiger partial charge in [-0.1, -0.05) is 24.6 Å². The molecular weight excluding hydrogens is 600 g/mol. The number of hydrogen-bond donors (Lipinski definition) is 3. The van der Waals surface area contributed by atoms with E-state index in [-0.39, 0.29) is 48.8 Å². The summed E-state index contributed by atoms with van der Waals surface area (Å²) in [6.45, 7) is 0.0443. The summed E-state index contributed by atoms with van der Waals surface area (Å²) in [5.74, 6) is -0.826. The number of carbonyl (C=O) groups excluding carboxylic acids is 2. The summed E-state index contributed by atoms with van der Waals surface area (Å²) in [5.41, 5.74) is 0.432. The van der Waals surface area contributed by atoms with Crippen molar-refractivity contribution in [2.75, 3.05) is 6.54 Å². The Bertz CT molecular complexity index is 1600. The van der Waals surface area contributed by atoms with E-state index >= 15 is 8.78 Å². The zero-order valence-electron chi connectivity index (χ0n) is 25.4. The van der Waals surface area contributed by atoms with Crippen molar-refractivity contribution in [3.05, 3.63) is 53.3 Å². The minimum absolute atomic E-state index is 0.0443. The molecule has 8 nitrogen and oxygen atoms in total. The van der Waals surface area contributed by atoms with Crippen LogP contribution in [0, 0.1) is 5.82 Å². The average Bonchev–Trinajstić information content (AvgIpc) is 3.62. The first-order chi connectivity index (χ1) is 21.5. The molecule has 1 heterocycles. The molecule has 2 amide bonds. The standard InChI is InChI=1S/C34H41F2N3O5S/c35-28-7-2-6-26(31(28)22-4-1-5-22)27-16-21(17-30(40)39-45(42,43)25-11-12-25)8-13-29(27)44-24-10-9-23(18-24)38-32(41)34(36)19-33(37-20-34)14-3-15-33/h2,6-8,13,16,22-25,37H,1,3-5,9-12,14-15,17-20H2,(H,38,41)(H,39,40)/t23-,24-,34+/m1/s1. The third kappa shape index (κ3) is 6.22. The predicted octanol–water partition coefficient (Wildman–Crippen LogP) is 4.95. The van der Waals surface area contributed by atoms with Gasteiger partial charge in [0.2, 0.25) is 21.6 Å². The van der Waals surface area contributed by atoms with E-state index in [0.717, 1.165) is 38.5 Å². The maximum atomic E-state index is 15.6. The Kier molecular flexibility index (Phi) is 7.91. The molecule has 3 atom stereocenters. The second-order valence-electron chi connectivity index (χ2n) is 14.0. The highest BCUT2D eigenvalue weighted by atomic mass is 32.2. The van der Waals surface area contributed by atoms with Crippen LogP contribution >= 0.6 is 0 Å². The average molecular weight is 642 g/mol. The van der Waals surface area contributed by atoms with Crippen LogP contribution in [0.25, 0.3) is 11.1 Å². The van der Waals surface area contributed by atoms with Crippen molar-refractivity contribution in [1.29, 1.82) is 0 Å². The lowest BCUT2D eigenvalue weighted by Crippen LogP contribution is -2.49. The van der Waals surface area contributed by atoms with E-state index in [0.29, 0.717) is 60.1 Å². The molecule has 242 valence electrons. The Morgan fingerprint density at radius 1 is 1.00 bits per heavy atom. The maximum Gasteiger partial charge on any atom is 0.259 e. The van der Waals surface area contributed by atoms with Crippen LogP contribution in [0.15, 0.2) is 36.4 Å². The number of sulfonamides is 1. The number of hydrogen-bond acceptors (Lipinski definition) is 6. The van der Waals surface area contributed by atoms with Crippen LogP contribution in [0.5, 0.6) is 5.75 Å². The van der Waals surface area contributed by atoms with Crippen molar-refractivity contribution >= 4 is 21.8 Å². The zero-order valence-corrected chi connectivity index (χ0v) is 26.2. The summed E-state index contributed by atoms with van der Waals surface area (Å²) in [5, 5.41) is 5.68. The molecule has 4 saturated carbocycles. The Balaban J connectivity index is 1.09. The van der Waals surface area contributed by atoms with Gasteiger partial charge in [0.1, 0.15) is 17.7 Å². The lowest BCUT2D eigenvalue weighted by Gasteiger charge is -2.38. The van der Waals surface area contributed by atoms with Crippen LogP contribution in [0.2, 0.25) is 0 Å². The molecule has 1 spiro atoms. The Labute approximate surface area is 263 Å². The zero-order chi connectivity index (χ0) is 31.4. The second-order valence-corrected chi connectivity index (χ2v) is 15.9. The van der Waals surface area contributed by atoms with Crippen LogP contribution < -0.4 is 20.1 Å². The van der Waals surface area contributed by atoms with E-state index in [1.807, 2.05) is 6.07 Å². The normalized spacial score (nSPS) is 27.5. The SMILES string of the molecule is O=C(Cc1ccc(O[C@@H]2CC[C@@H](NC(=O)[C@@]3(F)CNC4(CCC4)C3)C2)c(-c2cccc(F)c2C2CCC2)c1)NS(=O)(=O)C1CC1. The monoisotopic (exact) mass is 641 g/mol. The van der Waals surface area contributed by atoms with Crippen LogP contribution in [0.4, 0.5) is 8.78 Å². The molecule has 3 N–H and O–H groups in total. The number of benzene rings is 2. The molecule has 0 aromatic heterocycles. The highest BCUT2D eigenvalue weighted by Crippen LogP contribution is 2.46. The fraction of sp³-hybridized carbons (Fsp3) is 0.588. The summed E-state index contributed by atoms with van der Waals surface area (Å²) in [6.07, 6.45) is 8.45. The van der Waals surface area contributed by atoms with E-state index < -0.39 is 32.8 Å². The van der Waals surface area contributed by atoms with Gasteiger partial charge in [-0.2, -0.15) is 0 Å². The van der Waals surface area contributed by atoms with E-state index in [1.165, 1.54) is 6.07 Å². The van der Waals surface area contributed by atoms with Crippen molar-refractivity contribution in [2.24, 2.45) is 0 Å². The molecule has 0 bridgehead atoms. The number of amides is 2. The minimum Gasteiger partial charge on any atom is -0.490 e. The van der Waals surface area contributed by atoms with Gasteiger partial charge in [0.15, 0.2) is 0 Å². The van der Waals surface area contributed by atoms with E-state index in [9.17, 15) is 18.0 Å². The summed E-state index contributed by atoms with van der Waals surface area (Å²) >= 11 is 0. The van der Waals surface area contributed by atoms with Gasteiger partial charge in [0.05, 0.1) is 11.7 Å². The van der Waals surface area contributed by atoms with Crippen molar-refractivity contribution in [3.63, 3.8) is 0 Å². The Morgan fingerprint density at radius 2 is 1.80 bits per heavy atom. The molecule has 45 heavy (non-hydrogen) atoms. The molecule has 1 aliphatic heterocycles. The van der Waals surface area contributed by atoms with E-state index in [4.69, 9.17) is 4.74 Å². The molecule has 4 aliphatic carbocycles. The molecule has 0 radical (unpaired) electrons. The smallest absolute Gasteiger partial charge is 0.259 e. The van der Waals surface area contributed by atoms with Crippen molar-refractivity contribution in [1.82, 2.24) is 15.4 Å². The van der Waals surface area contributed by atoms with Crippen LogP contribution in [-0.2, 0) is 26.0 Å². The van der Waals surface area contributed by atoms with Gasteiger partial charge in [0.25, 0.3) is 5.91 Å². The first-order valence-corrected chi connectivity index (χ1v) is 17.9. The largest absolute Gasteiger partial charge is 0.490 e. The quantitative estimate of drug-likeness (QED) is 0.339. The van der Waals surface area contributed by atoms with Crippen molar-refractivity contribution in [2.45, 2.75) is 118 Å². The Hall–Kier alpha value is -3.05. The first kappa shape index (κ1) is 30.6. The first-order valence-electron chi connectivity index (χ1n) is 16.4. The van der Waals surface area contributed by atoms with E-state index in [2.05, 4.69) is 15.4 Å². The molecule has 2 aromatic rings. The number of halogens is 2. The summed E-state index contributed by atoms with van der Waals surface area (Å²) < 4.78 is 64.2. The Morgan fingerprint density at radius 3 is 2.47 bits per heavy atom. The number of nitrogens with one attached hydrogen (secondary N) is 3. The van der Waals surface area contributed by atoms with Crippen molar-refractivity contribution in [3.8, 4) is 16.9 Å². The third-order valence-corrected chi connectivity index (χ3v) is 12.4. The third-order valence-electron chi connectivity index (χ3n) is 10.6. The molecule has 5 aliphatic rings. The number of rotatable bonds is 10. The molecule has 7 rings (SSSR count). The number of alkyl halides is 1. The summed E-state index contributed by atoms with van der Waals surface area (Å²) in [7, 11) is -3.67. The van der Waals surface area contributed by atoms with Gasteiger partial charge >= 0.3 is 0 Å². The van der Waals surface area contributed by atoms with Gasteiger partial charge < -0.3 is 15.4 Å². The van der Waals surface area contributed by atoms with Gasteiger partial charge in [-0.3, -0.25) is 14.3 Å². The second kappa shape index (κ2) is 11.6. The van der Waals surface area contributed by atoms with Gasteiger partial charge in [-0.05, 0) is 98.6 Å². The van der Waals surface area contributed by atoms with Crippen LogP contribution in [-0.4, -0.2) is 55.4 Å². The predicted molar refractivity (Wildman–Crippen MR) is 165 cm³/mol. The fourth-order valence-electron chi connectivity index (χ4n) is 7.51. The van der Waals surface area contributed by atoms with Crippen LogP contribution in [0.1, 0.15) is 94.1 Å². The highest BCUT2D eigenvalue weighted by molar-refractivity contribution is 7.90. The molecule has 2 aromatic carbocycles. The molecule has 0 unspecified atom stereocenters. The fourth-order valence-corrected chi connectivity index (χ4v) is 8.82. The lowest BCUT2D eigenvalue weighted by molar-refractivity contribution is -0.133. The number of carbonyl (C=O) groups is 2. The molecule has 11 heteroatoms. The summed E-state index contributed by atoms with van der Waals surface area (Å²) in [4.78, 5) is 25.7. The van der Waals surface area contributed by atoms with Crippen molar-refractivity contribution < 1.29 is 31.5 Å². The summed E-state index contributed by atoms with van der Waals surface area (Å²) in [6, 6.07) is 10.1. The van der Waals surface area contributed by atoms with Gasteiger partial charge in [-0.25, -0.2) is 17.2 Å². The topological polar surface area (TPSA) is 114 Å². The van der Waals surface area contributed by atoms with Gasteiger partial charge in [-0.15, -0.1) is 0 Å². The highest BCUT2D eigenvalue weighted by Gasteiger charge is 2.55.